The molecule has 0 aliphatic heterocycles. The molecule has 0 heterocycles. The maximum Gasteiger partial charge on any atom is 0.191 e. The first-order valence-corrected chi connectivity index (χ1v) is 7.58. The zero-order valence-electron chi connectivity index (χ0n) is 14.3. The molecule has 0 aromatic heterocycles. The molecule has 122 valence electrons. The maximum atomic E-state index is 4.70. The standard InChI is InChI=1S/C15H34N4.HI/c1-7-9-10-11-17-14(16-8-2)18-12-15(3,4)13-19(5)6;/h7-13H2,1-6H3,(H2,16,17,18);1H. The van der Waals surface area contributed by atoms with Crippen molar-refractivity contribution >= 4 is 29.9 Å². The summed E-state index contributed by atoms with van der Waals surface area (Å²) >= 11 is 0. The second kappa shape index (κ2) is 12.7. The number of aliphatic imine (C=N–C) groups is 1. The van der Waals surface area contributed by atoms with Gasteiger partial charge >= 0.3 is 0 Å². The molecule has 0 unspecified atom stereocenters. The zero-order chi connectivity index (χ0) is 14.7. The van der Waals surface area contributed by atoms with E-state index in [4.69, 9.17) is 4.99 Å². The number of hydrogen-bond acceptors (Lipinski definition) is 2. The van der Waals surface area contributed by atoms with Gasteiger partial charge in [-0.3, -0.25) is 4.99 Å². The van der Waals surface area contributed by atoms with Gasteiger partial charge in [0.15, 0.2) is 5.96 Å². The molecule has 0 saturated carbocycles. The third-order valence-electron chi connectivity index (χ3n) is 2.83. The van der Waals surface area contributed by atoms with Crippen LogP contribution in [0, 0.1) is 5.41 Å². The van der Waals surface area contributed by atoms with Gasteiger partial charge in [0.1, 0.15) is 0 Å². The van der Waals surface area contributed by atoms with E-state index in [9.17, 15) is 0 Å². The van der Waals surface area contributed by atoms with Gasteiger partial charge in [-0.2, -0.15) is 0 Å². The molecule has 0 fully saturated rings. The largest absolute Gasteiger partial charge is 0.357 e. The summed E-state index contributed by atoms with van der Waals surface area (Å²) in [5.41, 5.74) is 0.204. The van der Waals surface area contributed by atoms with E-state index in [2.05, 4.69) is 57.3 Å². The molecule has 20 heavy (non-hydrogen) atoms. The maximum absolute atomic E-state index is 4.70. The minimum absolute atomic E-state index is 0. The van der Waals surface area contributed by atoms with Crippen LogP contribution in [0.25, 0.3) is 0 Å². The minimum atomic E-state index is 0. The molecular formula is C15H35IN4. The lowest BCUT2D eigenvalue weighted by atomic mass is 9.93. The van der Waals surface area contributed by atoms with E-state index in [0.29, 0.717) is 0 Å². The molecule has 2 N–H and O–H groups in total. The van der Waals surface area contributed by atoms with Crippen molar-refractivity contribution in [3.63, 3.8) is 0 Å². The summed E-state index contributed by atoms with van der Waals surface area (Å²) in [7, 11) is 4.22. The number of rotatable bonds is 9. The van der Waals surface area contributed by atoms with E-state index in [1.807, 2.05) is 0 Å². The average Bonchev–Trinajstić information content (AvgIpc) is 2.30. The van der Waals surface area contributed by atoms with E-state index in [1.165, 1.54) is 19.3 Å². The van der Waals surface area contributed by atoms with Crippen LogP contribution in [-0.2, 0) is 0 Å². The summed E-state index contributed by atoms with van der Waals surface area (Å²) in [4.78, 5) is 6.92. The van der Waals surface area contributed by atoms with Crippen LogP contribution in [0.5, 0.6) is 0 Å². The molecule has 0 saturated heterocycles. The molecule has 0 bridgehead atoms. The second-order valence-corrected chi connectivity index (χ2v) is 6.23. The Labute approximate surface area is 143 Å². The smallest absolute Gasteiger partial charge is 0.191 e. The summed E-state index contributed by atoms with van der Waals surface area (Å²) in [6.45, 7) is 12.7. The van der Waals surface area contributed by atoms with E-state index in [-0.39, 0.29) is 29.4 Å². The summed E-state index contributed by atoms with van der Waals surface area (Å²) < 4.78 is 0. The van der Waals surface area contributed by atoms with Crippen molar-refractivity contribution in [1.82, 2.24) is 15.5 Å². The number of nitrogens with one attached hydrogen (secondary N) is 2. The van der Waals surface area contributed by atoms with Gasteiger partial charge < -0.3 is 15.5 Å². The Balaban J connectivity index is 0. The molecule has 4 nitrogen and oxygen atoms in total. The number of nitrogens with zero attached hydrogens (tertiary/aromatic N) is 2. The molecular weight excluding hydrogens is 363 g/mol. The number of halogens is 1. The van der Waals surface area contributed by atoms with Gasteiger partial charge in [-0.15, -0.1) is 24.0 Å². The predicted octanol–water partition coefficient (Wildman–Crippen LogP) is 2.94. The average molecular weight is 398 g/mol. The highest BCUT2D eigenvalue weighted by Gasteiger charge is 2.18. The first kappa shape index (κ1) is 22.2. The molecule has 5 heteroatoms. The van der Waals surface area contributed by atoms with Gasteiger partial charge in [-0.1, -0.05) is 33.6 Å². The second-order valence-electron chi connectivity index (χ2n) is 6.23. The topological polar surface area (TPSA) is 39.7 Å². The summed E-state index contributed by atoms with van der Waals surface area (Å²) in [5.74, 6) is 0.949. The molecule has 0 aliphatic carbocycles. The summed E-state index contributed by atoms with van der Waals surface area (Å²) in [6.07, 6.45) is 3.74. The molecule has 0 aliphatic rings. The summed E-state index contributed by atoms with van der Waals surface area (Å²) in [6, 6.07) is 0. The van der Waals surface area contributed by atoms with Crippen LogP contribution in [0.1, 0.15) is 47.0 Å². The summed E-state index contributed by atoms with van der Waals surface area (Å²) in [5, 5.41) is 6.72. The van der Waals surface area contributed by atoms with Crippen molar-refractivity contribution in [2.75, 3.05) is 40.3 Å². The highest BCUT2D eigenvalue weighted by Crippen LogP contribution is 2.15. The predicted molar refractivity (Wildman–Crippen MR) is 101 cm³/mol. The van der Waals surface area contributed by atoms with Crippen molar-refractivity contribution in [1.29, 1.82) is 0 Å². The fourth-order valence-electron chi connectivity index (χ4n) is 2.12. The third kappa shape index (κ3) is 13.0. The fraction of sp³-hybridized carbons (Fsp3) is 0.933. The normalized spacial score (nSPS) is 12.2. The SMILES string of the molecule is CCCCCNC(=NCC(C)(C)CN(C)C)NCC.I. The van der Waals surface area contributed by atoms with Crippen LogP contribution in [0.15, 0.2) is 4.99 Å². The van der Waals surface area contributed by atoms with Crippen LogP contribution in [0.4, 0.5) is 0 Å². The number of hydrogen-bond donors (Lipinski definition) is 2. The van der Waals surface area contributed by atoms with Crippen LogP contribution >= 0.6 is 24.0 Å². The van der Waals surface area contributed by atoms with Gasteiger partial charge in [-0.05, 0) is 32.9 Å². The van der Waals surface area contributed by atoms with E-state index < -0.39 is 0 Å². The van der Waals surface area contributed by atoms with Gasteiger partial charge in [0, 0.05) is 26.2 Å². The van der Waals surface area contributed by atoms with Crippen molar-refractivity contribution in [3.8, 4) is 0 Å². The Morgan fingerprint density at radius 1 is 1.10 bits per heavy atom. The lowest BCUT2D eigenvalue weighted by Gasteiger charge is -2.26. The fourth-order valence-corrected chi connectivity index (χ4v) is 2.12. The number of unbranched alkanes of at least 4 members (excludes halogenated alkanes) is 2. The van der Waals surface area contributed by atoms with Crippen molar-refractivity contribution in [3.05, 3.63) is 0 Å². The Morgan fingerprint density at radius 3 is 2.25 bits per heavy atom. The van der Waals surface area contributed by atoms with Crippen LogP contribution in [0.2, 0.25) is 0 Å². The van der Waals surface area contributed by atoms with Crippen molar-refractivity contribution in [2.45, 2.75) is 47.0 Å². The highest BCUT2D eigenvalue weighted by atomic mass is 127. The van der Waals surface area contributed by atoms with Crippen molar-refractivity contribution in [2.24, 2.45) is 10.4 Å². The molecule has 0 aromatic rings. The lowest BCUT2D eigenvalue weighted by Crippen LogP contribution is -2.39. The molecule has 0 rings (SSSR count). The monoisotopic (exact) mass is 398 g/mol. The molecule has 0 spiro atoms. The molecule has 0 amide bonds. The number of guanidine groups is 1. The Bertz CT molecular complexity index is 252. The van der Waals surface area contributed by atoms with E-state index >= 15 is 0 Å². The third-order valence-corrected chi connectivity index (χ3v) is 2.83. The highest BCUT2D eigenvalue weighted by molar-refractivity contribution is 14.0. The first-order valence-electron chi connectivity index (χ1n) is 7.58. The van der Waals surface area contributed by atoms with E-state index in [1.54, 1.807) is 0 Å². The molecule has 0 aromatic carbocycles. The van der Waals surface area contributed by atoms with Gasteiger partial charge in [-0.25, -0.2) is 0 Å². The van der Waals surface area contributed by atoms with Crippen LogP contribution in [-0.4, -0.2) is 51.1 Å². The van der Waals surface area contributed by atoms with Gasteiger partial charge in [0.2, 0.25) is 0 Å². The Hall–Kier alpha value is -0.0400. The van der Waals surface area contributed by atoms with Crippen LogP contribution < -0.4 is 10.6 Å². The molecule has 0 radical (unpaired) electrons. The zero-order valence-corrected chi connectivity index (χ0v) is 16.6. The molecule has 0 atom stereocenters. The first-order chi connectivity index (χ1) is 8.91. The lowest BCUT2D eigenvalue weighted by molar-refractivity contribution is 0.248. The van der Waals surface area contributed by atoms with Gasteiger partial charge in [0.25, 0.3) is 0 Å². The van der Waals surface area contributed by atoms with Crippen LogP contribution in [0.3, 0.4) is 0 Å². The Kier molecular flexibility index (Phi) is 14.1. The van der Waals surface area contributed by atoms with E-state index in [0.717, 1.165) is 32.1 Å². The Morgan fingerprint density at radius 2 is 1.75 bits per heavy atom. The van der Waals surface area contributed by atoms with Crippen molar-refractivity contribution < 1.29 is 0 Å². The quantitative estimate of drug-likeness (QED) is 0.272. The minimum Gasteiger partial charge on any atom is -0.357 e. The van der Waals surface area contributed by atoms with Gasteiger partial charge in [0.05, 0.1) is 0 Å².